The summed E-state index contributed by atoms with van der Waals surface area (Å²) in [5.74, 6) is -4.39. The Labute approximate surface area is 180 Å². The summed E-state index contributed by atoms with van der Waals surface area (Å²) in [6.07, 6.45) is 0.505. The molecule has 0 aliphatic rings. The molecule has 4 aromatic rings. The Hall–Kier alpha value is -3.55. The highest BCUT2D eigenvalue weighted by molar-refractivity contribution is 7.15. The van der Waals surface area contributed by atoms with Crippen LogP contribution < -0.4 is 4.90 Å². The van der Waals surface area contributed by atoms with E-state index in [0.717, 1.165) is 24.5 Å². The van der Waals surface area contributed by atoms with Gasteiger partial charge in [-0.15, -0.1) is 16.4 Å². The number of anilines is 2. The summed E-state index contributed by atoms with van der Waals surface area (Å²) in [5.41, 5.74) is -0.338. The first-order valence-corrected chi connectivity index (χ1v) is 9.67. The van der Waals surface area contributed by atoms with Crippen molar-refractivity contribution in [3.05, 3.63) is 59.3 Å². The molecule has 0 atom stereocenters. The fourth-order valence-electron chi connectivity index (χ4n) is 2.61. The van der Waals surface area contributed by atoms with Crippen LogP contribution in [0.2, 0.25) is 0 Å². The van der Waals surface area contributed by atoms with Gasteiger partial charge in [-0.05, 0) is 18.2 Å². The third-order valence-electron chi connectivity index (χ3n) is 4.12. The first-order valence-electron chi connectivity index (χ1n) is 8.86. The molecule has 8 nitrogen and oxygen atoms in total. The van der Waals surface area contributed by atoms with Gasteiger partial charge in [0, 0.05) is 29.8 Å². The van der Waals surface area contributed by atoms with Gasteiger partial charge in [-0.2, -0.15) is 23.3 Å². The third kappa shape index (κ3) is 4.69. The lowest BCUT2D eigenvalue weighted by Crippen LogP contribution is -2.20. The number of nitrogens with zero attached hydrogens (tertiary/aromatic N) is 7. The summed E-state index contributed by atoms with van der Waals surface area (Å²) >= 11 is 1.10. The number of thiophene rings is 1. The average molecular weight is 469 g/mol. The molecule has 0 fully saturated rings. The van der Waals surface area contributed by atoms with Crippen LogP contribution in [0.1, 0.15) is 23.3 Å². The maximum atomic E-state index is 13.8. The van der Waals surface area contributed by atoms with Crippen LogP contribution in [0.4, 0.5) is 33.6 Å². The van der Waals surface area contributed by atoms with Crippen LogP contribution in [0, 0.1) is 0 Å². The van der Waals surface area contributed by atoms with Crippen molar-refractivity contribution in [3.8, 4) is 10.7 Å². The third-order valence-corrected chi connectivity index (χ3v) is 5.18. The second-order valence-electron chi connectivity index (χ2n) is 6.53. The van der Waals surface area contributed by atoms with Crippen molar-refractivity contribution in [3.63, 3.8) is 0 Å². The van der Waals surface area contributed by atoms with Gasteiger partial charge in [-0.25, -0.2) is 13.8 Å². The van der Waals surface area contributed by atoms with Gasteiger partial charge in [-0.1, -0.05) is 5.16 Å². The molecule has 0 saturated heterocycles. The monoisotopic (exact) mass is 469 g/mol. The lowest BCUT2D eigenvalue weighted by atomic mass is 10.2. The Morgan fingerprint density at radius 3 is 2.53 bits per heavy atom. The van der Waals surface area contributed by atoms with Crippen LogP contribution in [0.5, 0.6) is 0 Å². The minimum atomic E-state index is -4.75. The fraction of sp³-hybridized carbons (Fsp3) is 0.222. The maximum Gasteiger partial charge on any atom is 0.471 e. The predicted octanol–water partition coefficient (Wildman–Crippen LogP) is 4.85. The van der Waals surface area contributed by atoms with E-state index in [9.17, 15) is 22.0 Å². The lowest BCUT2D eigenvalue weighted by Gasteiger charge is -2.22. The largest absolute Gasteiger partial charge is 0.471 e. The fourth-order valence-corrected chi connectivity index (χ4v) is 3.54. The van der Waals surface area contributed by atoms with Crippen LogP contribution in [-0.4, -0.2) is 30.3 Å². The molecule has 0 radical (unpaired) electrons. The highest BCUT2D eigenvalue weighted by Gasteiger charge is 2.38. The smallest absolute Gasteiger partial charge is 0.329 e. The van der Waals surface area contributed by atoms with Crippen LogP contribution in [0.3, 0.4) is 0 Å². The molecule has 0 saturated carbocycles. The Morgan fingerprint density at radius 2 is 1.88 bits per heavy atom. The summed E-state index contributed by atoms with van der Waals surface area (Å²) in [5, 5.41) is 11.0. The standard InChI is InChI=1S/C18H12F5N7OS/c1-17(19,20)10-6-13(28-26-7-10)30(14-8-24-4-5-25-14)9-11-2-3-12(32-11)15-27-16(31-29-15)18(21,22)23/h2-8H,9H2,1H3. The zero-order valence-electron chi connectivity index (χ0n) is 16.1. The molecule has 4 heterocycles. The molecule has 0 spiro atoms. The van der Waals surface area contributed by atoms with Crippen molar-refractivity contribution in [2.24, 2.45) is 0 Å². The van der Waals surface area contributed by atoms with Gasteiger partial charge in [0.2, 0.25) is 5.82 Å². The van der Waals surface area contributed by atoms with Gasteiger partial charge in [0.1, 0.15) is 0 Å². The van der Waals surface area contributed by atoms with Crippen molar-refractivity contribution in [2.45, 2.75) is 25.6 Å². The highest BCUT2D eigenvalue weighted by atomic mass is 32.1. The van der Waals surface area contributed by atoms with Crippen molar-refractivity contribution in [1.82, 2.24) is 30.3 Å². The van der Waals surface area contributed by atoms with Gasteiger partial charge >= 0.3 is 12.1 Å². The van der Waals surface area contributed by atoms with E-state index in [2.05, 4.69) is 34.8 Å². The topological polar surface area (TPSA) is 93.7 Å². The summed E-state index contributed by atoms with van der Waals surface area (Å²) < 4.78 is 70.0. The number of halogens is 5. The molecule has 14 heteroatoms. The lowest BCUT2D eigenvalue weighted by molar-refractivity contribution is -0.159. The Balaban J connectivity index is 1.66. The van der Waals surface area contributed by atoms with Gasteiger partial charge in [0.15, 0.2) is 11.6 Å². The molecule has 0 aromatic carbocycles. The molecule has 0 bridgehead atoms. The summed E-state index contributed by atoms with van der Waals surface area (Å²) in [7, 11) is 0. The van der Waals surface area contributed by atoms with Crippen molar-refractivity contribution < 1.29 is 26.5 Å². The van der Waals surface area contributed by atoms with E-state index in [1.165, 1.54) is 35.6 Å². The van der Waals surface area contributed by atoms with Gasteiger partial charge < -0.3 is 9.42 Å². The number of rotatable bonds is 6. The minimum absolute atomic E-state index is 0.0957. The van der Waals surface area contributed by atoms with E-state index in [1.54, 1.807) is 6.07 Å². The van der Waals surface area contributed by atoms with Gasteiger partial charge in [0.25, 0.3) is 5.92 Å². The molecule has 0 amide bonds. The van der Waals surface area contributed by atoms with Crippen molar-refractivity contribution >= 4 is 23.0 Å². The molecule has 0 unspecified atom stereocenters. The number of hydrogen-bond donors (Lipinski definition) is 0. The maximum absolute atomic E-state index is 13.8. The summed E-state index contributed by atoms with van der Waals surface area (Å²) in [6, 6.07) is 4.35. The van der Waals surface area contributed by atoms with E-state index < -0.39 is 18.0 Å². The highest BCUT2D eigenvalue weighted by Crippen LogP contribution is 2.34. The van der Waals surface area contributed by atoms with Crippen molar-refractivity contribution in [2.75, 3.05) is 4.90 Å². The Bertz CT molecular complexity index is 1210. The van der Waals surface area contributed by atoms with E-state index in [0.29, 0.717) is 15.6 Å². The molecule has 32 heavy (non-hydrogen) atoms. The first-order chi connectivity index (χ1) is 15.1. The molecular formula is C18H12F5N7OS. The second kappa shape index (κ2) is 8.18. The zero-order chi connectivity index (χ0) is 22.9. The summed E-state index contributed by atoms with van der Waals surface area (Å²) in [4.78, 5) is 14.0. The molecule has 166 valence electrons. The molecule has 4 aromatic heterocycles. The average Bonchev–Trinajstić information content (AvgIpc) is 3.41. The zero-order valence-corrected chi connectivity index (χ0v) is 16.9. The molecule has 0 N–H and O–H groups in total. The minimum Gasteiger partial charge on any atom is -0.329 e. The Kier molecular flexibility index (Phi) is 5.54. The number of hydrogen-bond acceptors (Lipinski definition) is 9. The van der Waals surface area contributed by atoms with Crippen LogP contribution >= 0.6 is 11.3 Å². The molecule has 0 aliphatic carbocycles. The van der Waals surface area contributed by atoms with Crippen LogP contribution in [0.25, 0.3) is 10.7 Å². The van der Waals surface area contributed by atoms with Crippen molar-refractivity contribution in [1.29, 1.82) is 0 Å². The summed E-state index contributed by atoms with van der Waals surface area (Å²) in [6.45, 7) is 0.840. The normalized spacial score (nSPS) is 12.2. The molecular weight excluding hydrogens is 457 g/mol. The van der Waals surface area contributed by atoms with Crippen LogP contribution in [-0.2, 0) is 18.6 Å². The second-order valence-corrected chi connectivity index (χ2v) is 7.70. The van der Waals surface area contributed by atoms with E-state index in [1.807, 2.05) is 0 Å². The molecule has 0 aliphatic heterocycles. The van der Waals surface area contributed by atoms with E-state index >= 15 is 0 Å². The van der Waals surface area contributed by atoms with Gasteiger partial charge in [-0.3, -0.25) is 4.98 Å². The molecule has 4 rings (SSSR count). The Morgan fingerprint density at radius 1 is 1.06 bits per heavy atom. The SMILES string of the molecule is CC(F)(F)c1cnnc(N(Cc2ccc(-c3noc(C(F)(F)F)n3)s2)c2cnccn2)c1. The quantitative estimate of drug-likeness (QED) is 0.370. The number of aromatic nitrogens is 6. The first kappa shape index (κ1) is 21.7. The van der Waals surface area contributed by atoms with E-state index in [-0.39, 0.29) is 23.8 Å². The van der Waals surface area contributed by atoms with Gasteiger partial charge in [0.05, 0.1) is 23.8 Å². The number of alkyl halides is 5. The van der Waals surface area contributed by atoms with E-state index in [4.69, 9.17) is 0 Å². The van der Waals surface area contributed by atoms with Crippen LogP contribution in [0.15, 0.2) is 47.5 Å². The predicted molar refractivity (Wildman–Crippen MR) is 102 cm³/mol.